The highest BCUT2D eigenvalue weighted by atomic mass is 32.2. The van der Waals surface area contributed by atoms with Crippen molar-refractivity contribution in [1.82, 2.24) is 4.90 Å². The first-order valence-electron chi connectivity index (χ1n) is 10.7. The van der Waals surface area contributed by atoms with Crippen molar-refractivity contribution in [3.05, 3.63) is 95.3 Å². The van der Waals surface area contributed by atoms with Crippen LogP contribution in [0.5, 0.6) is 5.75 Å². The number of hydrogen-bond donors (Lipinski definition) is 0. The highest BCUT2D eigenvalue weighted by molar-refractivity contribution is 7.87. The van der Waals surface area contributed by atoms with E-state index in [-0.39, 0.29) is 29.8 Å². The predicted molar refractivity (Wildman–Crippen MR) is 122 cm³/mol. The average Bonchev–Trinajstić information content (AvgIpc) is 2.82. The molecule has 1 unspecified atom stereocenters. The summed E-state index contributed by atoms with van der Waals surface area (Å²) < 4.78 is 82.3. The second kappa shape index (κ2) is 10.5. The summed E-state index contributed by atoms with van der Waals surface area (Å²) in [4.78, 5) is 13.9. The van der Waals surface area contributed by atoms with Crippen LogP contribution >= 0.6 is 0 Å². The van der Waals surface area contributed by atoms with Gasteiger partial charge in [-0.15, -0.1) is 0 Å². The quantitative estimate of drug-likeness (QED) is 0.274. The first-order valence-corrected chi connectivity index (χ1v) is 12.1. The minimum Gasteiger partial charge on any atom is -0.379 e. The standard InChI is InChI=1S/C25H23F4NO4S/c1-3-17(2)30(24(31)19-6-4-8-21(26)14-19)16-18-10-12-22(13-11-18)34-35(32,33)23-9-5-7-20(15-23)25(27,28)29/h4-15,17H,3,16H2,1-2H3. The number of carbonyl (C=O) groups excluding carboxylic acids is 1. The summed E-state index contributed by atoms with van der Waals surface area (Å²) in [6, 6.07) is 14.3. The predicted octanol–water partition coefficient (Wildman–Crippen LogP) is 6.05. The molecule has 10 heteroatoms. The highest BCUT2D eigenvalue weighted by Crippen LogP contribution is 2.31. The molecule has 3 aromatic carbocycles. The van der Waals surface area contributed by atoms with Gasteiger partial charge in [-0.2, -0.15) is 21.6 Å². The molecule has 0 aliphatic carbocycles. The van der Waals surface area contributed by atoms with Gasteiger partial charge in [0, 0.05) is 18.2 Å². The third kappa shape index (κ3) is 6.60. The van der Waals surface area contributed by atoms with Crippen LogP contribution in [0.1, 0.15) is 41.8 Å². The Balaban J connectivity index is 1.78. The van der Waals surface area contributed by atoms with E-state index in [9.17, 15) is 30.8 Å². The second-order valence-electron chi connectivity index (χ2n) is 7.91. The molecule has 186 valence electrons. The molecule has 35 heavy (non-hydrogen) atoms. The van der Waals surface area contributed by atoms with Crippen molar-refractivity contribution in [3.63, 3.8) is 0 Å². The summed E-state index contributed by atoms with van der Waals surface area (Å²) >= 11 is 0. The molecular formula is C25H23F4NO4S. The maximum atomic E-state index is 13.6. The summed E-state index contributed by atoms with van der Waals surface area (Å²) in [6.07, 6.45) is -4.05. The Morgan fingerprint density at radius 3 is 2.26 bits per heavy atom. The van der Waals surface area contributed by atoms with Crippen molar-refractivity contribution in [2.75, 3.05) is 0 Å². The minimum absolute atomic E-state index is 0.0993. The zero-order valence-corrected chi connectivity index (χ0v) is 19.7. The van der Waals surface area contributed by atoms with Gasteiger partial charge in [-0.1, -0.05) is 31.2 Å². The van der Waals surface area contributed by atoms with Crippen molar-refractivity contribution >= 4 is 16.0 Å². The molecule has 0 N–H and O–H groups in total. The van der Waals surface area contributed by atoms with Crippen molar-refractivity contribution in [2.24, 2.45) is 0 Å². The summed E-state index contributed by atoms with van der Waals surface area (Å²) in [5, 5.41) is 0. The molecule has 0 bridgehead atoms. The Bertz CT molecular complexity index is 1290. The third-order valence-electron chi connectivity index (χ3n) is 5.39. The van der Waals surface area contributed by atoms with Gasteiger partial charge in [0.2, 0.25) is 0 Å². The molecule has 0 heterocycles. The van der Waals surface area contributed by atoms with E-state index < -0.39 is 32.6 Å². The normalized spacial score (nSPS) is 12.7. The molecule has 0 aromatic heterocycles. The van der Waals surface area contributed by atoms with E-state index >= 15 is 0 Å². The minimum atomic E-state index is -4.70. The Morgan fingerprint density at radius 1 is 1.00 bits per heavy atom. The molecule has 0 aliphatic rings. The van der Waals surface area contributed by atoms with Crippen LogP contribution in [0.3, 0.4) is 0 Å². The van der Waals surface area contributed by atoms with E-state index in [1.165, 1.54) is 30.3 Å². The van der Waals surface area contributed by atoms with Gasteiger partial charge in [0.1, 0.15) is 16.5 Å². The number of nitrogens with zero attached hydrogens (tertiary/aromatic N) is 1. The van der Waals surface area contributed by atoms with Crippen molar-refractivity contribution in [1.29, 1.82) is 0 Å². The first kappa shape index (κ1) is 26.2. The summed E-state index contributed by atoms with van der Waals surface area (Å²) in [5.74, 6) is -0.979. The molecule has 3 aromatic rings. The molecule has 1 amide bonds. The largest absolute Gasteiger partial charge is 0.416 e. The van der Waals surface area contributed by atoms with Crippen LogP contribution in [0.15, 0.2) is 77.7 Å². The lowest BCUT2D eigenvalue weighted by atomic mass is 10.1. The smallest absolute Gasteiger partial charge is 0.379 e. The van der Waals surface area contributed by atoms with Crippen LogP contribution in [0.25, 0.3) is 0 Å². The van der Waals surface area contributed by atoms with Crippen molar-refractivity contribution in [2.45, 2.75) is 43.9 Å². The maximum absolute atomic E-state index is 13.6. The molecule has 0 spiro atoms. The molecule has 0 aliphatic heterocycles. The van der Waals surface area contributed by atoms with Crippen LogP contribution in [0.2, 0.25) is 0 Å². The van der Waals surface area contributed by atoms with E-state index in [2.05, 4.69) is 0 Å². The lowest BCUT2D eigenvalue weighted by molar-refractivity contribution is -0.137. The van der Waals surface area contributed by atoms with E-state index in [1.807, 2.05) is 13.8 Å². The Labute approximate surface area is 201 Å². The summed E-state index contributed by atoms with van der Waals surface area (Å²) in [6.45, 7) is 3.94. The fraction of sp³-hybridized carbons (Fsp3) is 0.240. The third-order valence-corrected chi connectivity index (χ3v) is 6.63. The molecule has 3 rings (SSSR count). The zero-order chi connectivity index (χ0) is 25.8. The molecule has 0 saturated heterocycles. The van der Waals surface area contributed by atoms with Crippen LogP contribution in [-0.2, 0) is 22.8 Å². The fourth-order valence-corrected chi connectivity index (χ4v) is 4.26. The van der Waals surface area contributed by atoms with E-state index in [1.54, 1.807) is 17.0 Å². The van der Waals surface area contributed by atoms with Gasteiger partial charge in [-0.05, 0) is 67.4 Å². The zero-order valence-electron chi connectivity index (χ0n) is 18.9. The summed E-state index contributed by atoms with van der Waals surface area (Å²) in [5.41, 5.74) is -0.248. The lowest BCUT2D eigenvalue weighted by Gasteiger charge is -2.29. The summed E-state index contributed by atoms with van der Waals surface area (Å²) in [7, 11) is -4.50. The topological polar surface area (TPSA) is 63.7 Å². The van der Waals surface area contributed by atoms with Gasteiger partial charge >= 0.3 is 16.3 Å². The molecule has 1 atom stereocenters. The van der Waals surface area contributed by atoms with Gasteiger partial charge in [0.25, 0.3) is 5.91 Å². The monoisotopic (exact) mass is 509 g/mol. The van der Waals surface area contributed by atoms with E-state index in [0.717, 1.165) is 24.3 Å². The molecule has 0 saturated carbocycles. The number of halogens is 4. The Morgan fingerprint density at radius 2 is 1.66 bits per heavy atom. The molecular weight excluding hydrogens is 486 g/mol. The number of carbonyl (C=O) groups is 1. The number of alkyl halides is 3. The maximum Gasteiger partial charge on any atom is 0.416 e. The van der Waals surface area contributed by atoms with Crippen LogP contribution in [0, 0.1) is 5.82 Å². The molecule has 5 nitrogen and oxygen atoms in total. The van der Waals surface area contributed by atoms with Gasteiger partial charge < -0.3 is 9.08 Å². The Kier molecular flexibility index (Phi) is 7.84. The van der Waals surface area contributed by atoms with Gasteiger partial charge in [0.05, 0.1) is 5.56 Å². The van der Waals surface area contributed by atoms with Gasteiger partial charge in [0.15, 0.2) is 0 Å². The second-order valence-corrected chi connectivity index (χ2v) is 9.45. The number of rotatable bonds is 8. The lowest BCUT2D eigenvalue weighted by Crippen LogP contribution is -2.37. The SMILES string of the molecule is CCC(C)N(Cc1ccc(OS(=O)(=O)c2cccc(C(F)(F)F)c2)cc1)C(=O)c1cccc(F)c1. The van der Waals surface area contributed by atoms with Crippen molar-refractivity contribution in [3.8, 4) is 5.75 Å². The average molecular weight is 510 g/mol. The van der Waals surface area contributed by atoms with Crippen LogP contribution < -0.4 is 4.18 Å². The van der Waals surface area contributed by atoms with Crippen molar-refractivity contribution < 1.29 is 35.0 Å². The van der Waals surface area contributed by atoms with E-state index in [4.69, 9.17) is 4.18 Å². The van der Waals surface area contributed by atoms with Crippen LogP contribution in [-0.4, -0.2) is 25.3 Å². The fourth-order valence-electron chi connectivity index (χ4n) is 3.29. The highest BCUT2D eigenvalue weighted by Gasteiger charge is 2.32. The molecule has 0 radical (unpaired) electrons. The van der Waals surface area contributed by atoms with E-state index in [0.29, 0.717) is 18.1 Å². The molecule has 0 fully saturated rings. The number of amides is 1. The van der Waals surface area contributed by atoms with Crippen LogP contribution in [0.4, 0.5) is 17.6 Å². The van der Waals surface area contributed by atoms with Gasteiger partial charge in [-0.3, -0.25) is 4.79 Å². The Hall–Kier alpha value is -3.40. The van der Waals surface area contributed by atoms with Gasteiger partial charge in [-0.25, -0.2) is 4.39 Å². The first-order chi connectivity index (χ1) is 16.4. The number of benzene rings is 3. The number of hydrogen-bond acceptors (Lipinski definition) is 4.